The van der Waals surface area contributed by atoms with Crippen LogP contribution in [0.5, 0.6) is 5.75 Å². The molecule has 198 valence electrons. The minimum absolute atomic E-state index is 0.0575. The summed E-state index contributed by atoms with van der Waals surface area (Å²) < 4.78 is 35.6. The van der Waals surface area contributed by atoms with Crippen molar-refractivity contribution in [1.82, 2.24) is 29.9 Å². The first-order valence-corrected chi connectivity index (χ1v) is 14.3. The van der Waals surface area contributed by atoms with Gasteiger partial charge in [0.1, 0.15) is 11.8 Å². The molecule has 10 nitrogen and oxygen atoms in total. The lowest BCUT2D eigenvalue weighted by molar-refractivity contribution is -0.124. The zero-order valence-electron chi connectivity index (χ0n) is 21.1. The lowest BCUT2D eigenvalue weighted by Gasteiger charge is -2.31. The summed E-state index contributed by atoms with van der Waals surface area (Å²) in [5, 5.41) is 14.8. The summed E-state index contributed by atoms with van der Waals surface area (Å²) in [5.74, 6) is 0.432. The molecule has 0 bridgehead atoms. The number of amides is 1. The number of aromatic nitrogens is 3. The number of carbonyl (C=O) groups excluding carboxylic acids is 1. The number of sulfonamides is 1. The Bertz CT molecular complexity index is 1480. The Kier molecular flexibility index (Phi) is 6.40. The minimum atomic E-state index is -3.94. The van der Waals surface area contributed by atoms with Crippen LogP contribution in [0.3, 0.4) is 0 Å². The second-order valence-corrected chi connectivity index (χ2v) is 11.9. The maximum atomic E-state index is 13.4. The third-order valence-electron chi connectivity index (χ3n) is 7.19. The van der Waals surface area contributed by atoms with E-state index in [0.717, 1.165) is 34.1 Å². The van der Waals surface area contributed by atoms with Gasteiger partial charge in [-0.15, -0.1) is 5.10 Å². The fourth-order valence-corrected chi connectivity index (χ4v) is 6.33. The second kappa shape index (κ2) is 9.88. The molecule has 2 aromatic carbocycles. The van der Waals surface area contributed by atoms with Gasteiger partial charge >= 0.3 is 0 Å². The molecule has 6 rings (SSSR count). The van der Waals surface area contributed by atoms with Crippen LogP contribution in [-0.2, 0) is 27.8 Å². The van der Waals surface area contributed by atoms with E-state index in [1.54, 1.807) is 35.1 Å². The molecule has 2 aliphatic heterocycles. The van der Waals surface area contributed by atoms with Gasteiger partial charge in [0.2, 0.25) is 5.91 Å². The molecule has 0 spiro atoms. The number of nitrogens with one attached hydrogen (secondary N) is 2. The summed E-state index contributed by atoms with van der Waals surface area (Å²) in [6.07, 6.45) is 7.83. The normalized spacial score (nSPS) is 21.1. The molecule has 3 heterocycles. The molecular weight excluding hydrogens is 504 g/mol. The van der Waals surface area contributed by atoms with Crippen molar-refractivity contribution in [3.63, 3.8) is 0 Å². The number of benzene rings is 2. The van der Waals surface area contributed by atoms with Crippen LogP contribution in [0.25, 0.3) is 0 Å². The van der Waals surface area contributed by atoms with Crippen molar-refractivity contribution >= 4 is 15.9 Å². The van der Waals surface area contributed by atoms with Gasteiger partial charge in [-0.05, 0) is 43.5 Å². The average Bonchev–Trinajstić information content (AvgIpc) is 3.64. The molecule has 1 amide bonds. The molecule has 38 heavy (non-hydrogen) atoms. The van der Waals surface area contributed by atoms with E-state index in [9.17, 15) is 13.2 Å². The number of ether oxygens (including phenoxy) is 1. The molecule has 3 aromatic rings. The quantitative estimate of drug-likeness (QED) is 0.456. The minimum Gasteiger partial charge on any atom is -0.493 e. The molecule has 0 saturated heterocycles. The van der Waals surface area contributed by atoms with E-state index in [1.807, 2.05) is 6.92 Å². The van der Waals surface area contributed by atoms with Crippen molar-refractivity contribution in [3.8, 4) is 5.75 Å². The maximum absolute atomic E-state index is 13.4. The predicted octanol–water partition coefficient (Wildman–Crippen LogP) is 2.41. The number of nitrogens with zero attached hydrogens (tertiary/aromatic N) is 4. The van der Waals surface area contributed by atoms with Gasteiger partial charge in [-0.25, -0.2) is 13.1 Å². The summed E-state index contributed by atoms with van der Waals surface area (Å²) >= 11 is 0. The van der Waals surface area contributed by atoms with Crippen LogP contribution in [0.1, 0.15) is 47.7 Å². The molecule has 1 saturated carbocycles. The van der Waals surface area contributed by atoms with Crippen molar-refractivity contribution in [2.45, 2.75) is 62.2 Å². The highest BCUT2D eigenvalue weighted by atomic mass is 32.2. The highest BCUT2D eigenvalue weighted by Crippen LogP contribution is 2.35. The summed E-state index contributed by atoms with van der Waals surface area (Å²) in [7, 11) is -3.94. The second-order valence-electron chi connectivity index (χ2n) is 10.1. The van der Waals surface area contributed by atoms with Crippen molar-refractivity contribution in [3.05, 3.63) is 83.4 Å². The SMILES string of the molecule is Cc1ccc(S(=O)(=O)N2C=CNC(=O)C2Cc2cn(C3CCOc4cc(CNC5CC5)ccc43)nn2)cc1. The highest BCUT2D eigenvalue weighted by molar-refractivity contribution is 7.89. The molecule has 2 unspecified atom stereocenters. The van der Waals surface area contributed by atoms with Crippen molar-refractivity contribution in [1.29, 1.82) is 0 Å². The summed E-state index contributed by atoms with van der Waals surface area (Å²) in [6, 6.07) is 12.4. The van der Waals surface area contributed by atoms with Gasteiger partial charge in [0, 0.05) is 49.6 Å². The first-order valence-electron chi connectivity index (χ1n) is 12.9. The van der Waals surface area contributed by atoms with Gasteiger partial charge in [-0.1, -0.05) is 35.0 Å². The lowest BCUT2D eigenvalue weighted by atomic mass is 9.99. The van der Waals surface area contributed by atoms with Crippen LogP contribution in [0.15, 0.2) is 66.0 Å². The topological polar surface area (TPSA) is 118 Å². The number of hydrogen-bond donors (Lipinski definition) is 2. The largest absolute Gasteiger partial charge is 0.493 e. The van der Waals surface area contributed by atoms with Crippen molar-refractivity contribution < 1.29 is 17.9 Å². The Morgan fingerprint density at radius 3 is 2.74 bits per heavy atom. The Morgan fingerprint density at radius 1 is 1.13 bits per heavy atom. The van der Waals surface area contributed by atoms with Gasteiger partial charge in [0.05, 0.1) is 23.2 Å². The van der Waals surface area contributed by atoms with E-state index in [2.05, 4.69) is 39.1 Å². The van der Waals surface area contributed by atoms with Gasteiger partial charge < -0.3 is 15.4 Å². The monoisotopic (exact) mass is 534 g/mol. The lowest BCUT2D eigenvalue weighted by Crippen LogP contribution is -2.50. The maximum Gasteiger partial charge on any atom is 0.264 e. The molecule has 3 aliphatic rings. The third kappa shape index (κ3) is 4.91. The van der Waals surface area contributed by atoms with E-state index in [4.69, 9.17) is 4.74 Å². The van der Waals surface area contributed by atoms with Gasteiger partial charge in [-0.2, -0.15) is 0 Å². The first-order chi connectivity index (χ1) is 18.4. The molecule has 1 aromatic heterocycles. The Morgan fingerprint density at radius 2 is 1.95 bits per heavy atom. The zero-order valence-corrected chi connectivity index (χ0v) is 21.9. The first kappa shape index (κ1) is 24.6. The predicted molar refractivity (Wildman–Crippen MR) is 140 cm³/mol. The molecule has 2 atom stereocenters. The van der Waals surface area contributed by atoms with Crippen LogP contribution in [0.2, 0.25) is 0 Å². The summed E-state index contributed by atoms with van der Waals surface area (Å²) in [6.45, 7) is 3.27. The molecule has 1 aliphatic carbocycles. The van der Waals surface area contributed by atoms with Gasteiger partial charge in [0.25, 0.3) is 10.0 Å². The smallest absolute Gasteiger partial charge is 0.264 e. The van der Waals surface area contributed by atoms with Crippen LogP contribution >= 0.6 is 0 Å². The van der Waals surface area contributed by atoms with Crippen molar-refractivity contribution in [2.75, 3.05) is 6.61 Å². The molecule has 1 fully saturated rings. The number of carbonyl (C=O) groups is 1. The molecule has 0 radical (unpaired) electrons. The number of hydrogen-bond acceptors (Lipinski definition) is 7. The van der Waals surface area contributed by atoms with E-state index in [1.165, 1.54) is 30.8 Å². The van der Waals surface area contributed by atoms with Gasteiger partial charge in [0.15, 0.2) is 0 Å². The van der Waals surface area contributed by atoms with E-state index in [0.29, 0.717) is 18.3 Å². The molecule has 2 N–H and O–H groups in total. The average molecular weight is 535 g/mol. The van der Waals surface area contributed by atoms with Crippen LogP contribution in [-0.4, -0.2) is 52.3 Å². The number of fused-ring (bicyclic) bond motifs is 1. The van der Waals surface area contributed by atoms with Gasteiger partial charge in [-0.3, -0.25) is 9.10 Å². The van der Waals surface area contributed by atoms with E-state index < -0.39 is 22.0 Å². The standard InChI is InChI=1S/C27H30N6O4S/c1-18-2-7-22(8-3-18)38(35,36)33-12-11-28-27(34)25(33)15-21-17-32(31-30-21)24-10-13-37-26-14-19(4-9-23(24)26)16-29-20-5-6-20/h2-4,7-9,11-12,14,17,20,24-25,29H,5-6,10,13,15-16H2,1H3,(H,28,34). The fraction of sp³-hybridized carbons (Fsp3) is 0.370. The summed E-state index contributed by atoms with van der Waals surface area (Å²) in [4.78, 5) is 12.9. The molecular formula is C27H30N6O4S. The van der Waals surface area contributed by atoms with Crippen LogP contribution in [0.4, 0.5) is 0 Å². The van der Waals surface area contributed by atoms with E-state index in [-0.39, 0.29) is 17.4 Å². The third-order valence-corrected chi connectivity index (χ3v) is 8.99. The number of rotatable bonds is 8. The Labute approximate surface area is 221 Å². The van der Waals surface area contributed by atoms with Crippen LogP contribution in [0, 0.1) is 6.92 Å². The highest BCUT2D eigenvalue weighted by Gasteiger charge is 2.36. The Hall–Kier alpha value is -3.70. The van der Waals surface area contributed by atoms with Crippen LogP contribution < -0.4 is 15.4 Å². The number of aryl methyl sites for hydroxylation is 1. The van der Waals surface area contributed by atoms with Crippen molar-refractivity contribution in [2.24, 2.45) is 0 Å². The Balaban J connectivity index is 1.21. The zero-order chi connectivity index (χ0) is 26.3. The fourth-order valence-electron chi connectivity index (χ4n) is 4.88. The summed E-state index contributed by atoms with van der Waals surface area (Å²) in [5.41, 5.74) is 3.69. The van der Waals surface area contributed by atoms with E-state index >= 15 is 0 Å². The molecule has 11 heteroatoms.